The zero-order valence-corrected chi connectivity index (χ0v) is 21.1. The molecule has 7 heteroatoms. The summed E-state index contributed by atoms with van der Waals surface area (Å²) in [6, 6.07) is 0. The maximum atomic E-state index is 13.3. The van der Waals surface area contributed by atoms with Crippen molar-refractivity contribution >= 4 is 5.78 Å². The van der Waals surface area contributed by atoms with Gasteiger partial charge in [-0.15, -0.1) is 0 Å². The summed E-state index contributed by atoms with van der Waals surface area (Å²) in [5, 5.41) is 64.7. The van der Waals surface area contributed by atoms with Crippen LogP contribution in [0, 0.1) is 34.5 Å². The van der Waals surface area contributed by atoms with Gasteiger partial charge in [-0.3, -0.25) is 4.79 Å². The van der Waals surface area contributed by atoms with Crippen molar-refractivity contribution in [2.24, 2.45) is 34.5 Å². The van der Waals surface area contributed by atoms with Gasteiger partial charge in [0.1, 0.15) is 0 Å². The van der Waals surface area contributed by atoms with E-state index in [0.29, 0.717) is 38.5 Å². The lowest BCUT2D eigenvalue weighted by Crippen LogP contribution is -2.62. The Bertz CT molecular complexity index is 839. The van der Waals surface area contributed by atoms with Gasteiger partial charge in [0.25, 0.3) is 0 Å². The molecule has 0 unspecified atom stereocenters. The van der Waals surface area contributed by atoms with Gasteiger partial charge in [-0.05, 0) is 93.1 Å². The van der Waals surface area contributed by atoms with Crippen molar-refractivity contribution < 1.29 is 35.4 Å². The van der Waals surface area contributed by atoms with Gasteiger partial charge in [-0.1, -0.05) is 20.8 Å². The van der Waals surface area contributed by atoms with E-state index >= 15 is 0 Å². The summed E-state index contributed by atoms with van der Waals surface area (Å²) in [5.41, 5.74) is -3.21. The molecule has 6 N–H and O–H groups in total. The molecule has 4 aliphatic rings. The number of aliphatic hydroxyl groups is 6. The molecular formula is C27H44O7. The molecule has 0 aromatic heterocycles. The van der Waals surface area contributed by atoms with Gasteiger partial charge in [0.05, 0.1) is 29.5 Å². The number of aliphatic hydroxyl groups excluding tert-OH is 4. The Morgan fingerprint density at radius 2 is 1.79 bits per heavy atom. The molecule has 194 valence electrons. The first-order valence-corrected chi connectivity index (χ1v) is 13.1. The van der Waals surface area contributed by atoms with Crippen LogP contribution in [0.3, 0.4) is 0 Å². The third kappa shape index (κ3) is 3.65. The third-order valence-electron chi connectivity index (χ3n) is 10.7. The molecule has 0 spiro atoms. The molecule has 0 bridgehead atoms. The van der Waals surface area contributed by atoms with Gasteiger partial charge >= 0.3 is 0 Å². The number of ketones is 1. The van der Waals surface area contributed by atoms with Crippen LogP contribution in [0.5, 0.6) is 0 Å². The fourth-order valence-electron chi connectivity index (χ4n) is 8.37. The second-order valence-corrected chi connectivity index (χ2v) is 12.7. The van der Waals surface area contributed by atoms with E-state index in [9.17, 15) is 35.4 Å². The Kier molecular flexibility index (Phi) is 6.66. The number of carbonyl (C=O) groups excluding carboxylic acids is 1. The lowest BCUT2D eigenvalue weighted by atomic mass is 9.45. The summed E-state index contributed by atoms with van der Waals surface area (Å²) in [7, 11) is 0. The van der Waals surface area contributed by atoms with Gasteiger partial charge in [-0.25, -0.2) is 0 Å². The molecule has 0 radical (unpaired) electrons. The lowest BCUT2D eigenvalue weighted by molar-refractivity contribution is -0.176. The van der Waals surface area contributed by atoms with Crippen LogP contribution >= 0.6 is 0 Å². The predicted octanol–water partition coefficient (Wildman–Crippen LogP) is 1.71. The quantitative estimate of drug-likeness (QED) is 0.340. The molecular weight excluding hydrogens is 436 g/mol. The van der Waals surface area contributed by atoms with Crippen molar-refractivity contribution in [3.05, 3.63) is 11.6 Å². The molecule has 11 atom stereocenters. The van der Waals surface area contributed by atoms with E-state index in [-0.39, 0.29) is 42.5 Å². The zero-order valence-electron chi connectivity index (χ0n) is 21.1. The molecule has 0 heterocycles. The summed E-state index contributed by atoms with van der Waals surface area (Å²) in [6.07, 6.45) is 2.65. The smallest absolute Gasteiger partial charge is 0.159 e. The number of rotatable bonds is 6. The average Bonchev–Trinajstić information content (AvgIpc) is 3.06. The Balaban J connectivity index is 1.65. The second-order valence-electron chi connectivity index (χ2n) is 12.7. The van der Waals surface area contributed by atoms with Crippen LogP contribution in [-0.2, 0) is 4.79 Å². The minimum absolute atomic E-state index is 0.0326. The Hall–Kier alpha value is -0.830. The van der Waals surface area contributed by atoms with E-state index in [2.05, 4.69) is 0 Å². The summed E-state index contributed by atoms with van der Waals surface area (Å²) in [4.78, 5) is 13.3. The zero-order chi connectivity index (χ0) is 25.3. The molecule has 4 aliphatic carbocycles. The van der Waals surface area contributed by atoms with Crippen LogP contribution in [-0.4, -0.2) is 72.5 Å². The fraction of sp³-hybridized carbons (Fsp3) is 0.889. The molecule has 0 aromatic rings. The third-order valence-corrected chi connectivity index (χ3v) is 10.7. The van der Waals surface area contributed by atoms with Crippen LogP contribution in [0.25, 0.3) is 0 Å². The van der Waals surface area contributed by atoms with Crippen molar-refractivity contribution in [1.82, 2.24) is 0 Å². The van der Waals surface area contributed by atoms with Crippen molar-refractivity contribution in [3.8, 4) is 0 Å². The topological polar surface area (TPSA) is 138 Å². The Morgan fingerprint density at radius 1 is 1.12 bits per heavy atom. The standard InChI is InChI=1S/C27H44O7/c1-15(14-28)5-6-23(32)26(4,33)22-8-10-27(34)17-11-19(29)18-12-20(30)21(31)13-24(18,2)16(17)7-9-25(22,27)3/h11,15-16,18,20-23,28,30-34H,5-10,12-14H2,1-4H3/t15-,16-,18-,20-,21-,22+,23-,24-,25-,26-,27+/m0/s1. The monoisotopic (exact) mass is 480 g/mol. The Morgan fingerprint density at radius 3 is 2.44 bits per heavy atom. The van der Waals surface area contributed by atoms with Crippen LogP contribution < -0.4 is 0 Å². The number of hydrogen-bond acceptors (Lipinski definition) is 7. The molecule has 0 aliphatic heterocycles. The number of allylic oxidation sites excluding steroid dienone is 1. The van der Waals surface area contributed by atoms with Gasteiger partial charge in [0.15, 0.2) is 5.78 Å². The molecule has 3 saturated carbocycles. The van der Waals surface area contributed by atoms with Crippen LogP contribution in [0.15, 0.2) is 11.6 Å². The molecule has 0 saturated heterocycles. The predicted molar refractivity (Wildman–Crippen MR) is 127 cm³/mol. The van der Waals surface area contributed by atoms with E-state index in [4.69, 9.17) is 0 Å². The summed E-state index contributed by atoms with van der Waals surface area (Å²) in [6.45, 7) is 7.59. The fourth-order valence-corrected chi connectivity index (χ4v) is 8.37. The van der Waals surface area contributed by atoms with Gasteiger partial charge in [-0.2, -0.15) is 0 Å². The largest absolute Gasteiger partial charge is 0.396 e. The first-order valence-electron chi connectivity index (χ1n) is 13.1. The SMILES string of the molecule is C[C@H](CO)CC[C@H](O)[C@@](C)(O)[C@@H]1CC[C@@]2(O)C3=CC(=O)[C@@H]4C[C@H](O)[C@@H](O)C[C@@]4(C)[C@H]3CC[C@@]12C. The number of fused-ring (bicyclic) bond motifs is 5. The molecule has 0 amide bonds. The normalized spacial score (nSPS) is 47.6. The highest BCUT2D eigenvalue weighted by Crippen LogP contribution is 2.68. The van der Waals surface area contributed by atoms with Crippen molar-refractivity contribution in [3.63, 3.8) is 0 Å². The van der Waals surface area contributed by atoms with E-state index in [1.165, 1.54) is 0 Å². The molecule has 34 heavy (non-hydrogen) atoms. The highest BCUT2D eigenvalue weighted by molar-refractivity contribution is 5.95. The summed E-state index contributed by atoms with van der Waals surface area (Å²) in [5.74, 6) is -0.859. The second kappa shape index (κ2) is 8.63. The Labute approximate surface area is 202 Å². The van der Waals surface area contributed by atoms with Crippen LogP contribution in [0.2, 0.25) is 0 Å². The van der Waals surface area contributed by atoms with E-state index in [1.54, 1.807) is 13.0 Å². The van der Waals surface area contributed by atoms with Gasteiger partial charge < -0.3 is 30.6 Å². The first kappa shape index (κ1) is 26.2. The number of carbonyl (C=O) groups is 1. The summed E-state index contributed by atoms with van der Waals surface area (Å²) >= 11 is 0. The highest BCUT2D eigenvalue weighted by Gasteiger charge is 2.69. The maximum Gasteiger partial charge on any atom is 0.159 e. The van der Waals surface area contributed by atoms with E-state index < -0.39 is 40.3 Å². The van der Waals surface area contributed by atoms with Crippen molar-refractivity contribution in [2.45, 2.75) is 109 Å². The number of hydrogen-bond donors (Lipinski definition) is 6. The van der Waals surface area contributed by atoms with E-state index in [1.807, 2.05) is 20.8 Å². The molecule has 3 fully saturated rings. The van der Waals surface area contributed by atoms with Gasteiger partial charge in [0, 0.05) is 17.9 Å². The minimum Gasteiger partial charge on any atom is -0.396 e. The van der Waals surface area contributed by atoms with Crippen LogP contribution in [0.1, 0.15) is 79.1 Å². The average molecular weight is 481 g/mol. The molecule has 4 rings (SSSR count). The maximum absolute atomic E-state index is 13.3. The minimum atomic E-state index is -1.42. The lowest BCUT2D eigenvalue weighted by Gasteiger charge is -2.60. The van der Waals surface area contributed by atoms with Crippen LogP contribution in [0.4, 0.5) is 0 Å². The molecule has 7 nitrogen and oxygen atoms in total. The molecule has 0 aromatic carbocycles. The summed E-state index contributed by atoms with van der Waals surface area (Å²) < 4.78 is 0. The van der Waals surface area contributed by atoms with E-state index in [0.717, 1.165) is 12.0 Å². The highest BCUT2D eigenvalue weighted by atomic mass is 16.3. The van der Waals surface area contributed by atoms with Gasteiger partial charge in [0.2, 0.25) is 0 Å². The van der Waals surface area contributed by atoms with Crippen molar-refractivity contribution in [2.75, 3.05) is 6.61 Å². The first-order chi connectivity index (χ1) is 15.7. The van der Waals surface area contributed by atoms with Crippen molar-refractivity contribution in [1.29, 1.82) is 0 Å².